The number of thiazole rings is 2. The topological polar surface area (TPSA) is 170 Å². The van der Waals surface area contributed by atoms with E-state index in [1.807, 2.05) is 0 Å². The lowest BCUT2D eigenvalue weighted by Gasteiger charge is -1.96. The predicted molar refractivity (Wildman–Crippen MR) is 140 cm³/mol. The first kappa shape index (κ1) is 25.0. The molecule has 0 saturated carbocycles. The van der Waals surface area contributed by atoms with Crippen LogP contribution in [-0.2, 0) is 9.59 Å². The molecule has 0 atom stereocenters. The van der Waals surface area contributed by atoms with Crippen LogP contribution in [0.2, 0.25) is 0 Å². The Balaban J connectivity index is 1.32. The minimum Gasteiger partial charge on any atom is -0.298 e. The predicted octanol–water partition coefficient (Wildman–Crippen LogP) is 5.51. The van der Waals surface area contributed by atoms with Crippen molar-refractivity contribution < 1.29 is 19.4 Å². The number of hydrogen-bond donors (Lipinski definition) is 2. The van der Waals surface area contributed by atoms with E-state index in [1.54, 1.807) is 22.9 Å². The van der Waals surface area contributed by atoms with Crippen molar-refractivity contribution in [3.05, 3.63) is 77.2 Å². The quantitative estimate of drug-likeness (QED) is 0.153. The lowest BCUT2D eigenvalue weighted by atomic mass is 10.4. The van der Waals surface area contributed by atoms with Crippen LogP contribution in [0.5, 0.6) is 0 Å². The van der Waals surface area contributed by atoms with E-state index < -0.39 is 21.7 Å². The molecule has 16 heteroatoms. The van der Waals surface area contributed by atoms with Gasteiger partial charge in [-0.25, -0.2) is 9.97 Å². The van der Waals surface area contributed by atoms with Crippen molar-refractivity contribution in [2.75, 3.05) is 10.6 Å². The van der Waals surface area contributed by atoms with E-state index in [-0.39, 0.29) is 10.0 Å². The van der Waals surface area contributed by atoms with Crippen LogP contribution in [0.25, 0.3) is 23.5 Å². The summed E-state index contributed by atoms with van der Waals surface area (Å²) >= 11 is 4.30. The molecule has 2 amide bonds. The molecule has 0 aliphatic rings. The van der Waals surface area contributed by atoms with Crippen LogP contribution < -0.4 is 10.6 Å². The van der Waals surface area contributed by atoms with Crippen molar-refractivity contribution in [3.63, 3.8) is 0 Å². The molecule has 4 aromatic heterocycles. The van der Waals surface area contributed by atoms with E-state index >= 15 is 0 Å². The first-order chi connectivity index (χ1) is 17.3. The number of anilines is 2. The number of carbonyl (C=O) groups excluding carboxylic acids is 2. The number of hydrogen-bond acceptors (Lipinski definition) is 12. The summed E-state index contributed by atoms with van der Waals surface area (Å²) in [6.45, 7) is 0. The van der Waals surface area contributed by atoms with Crippen LogP contribution in [0, 0.1) is 20.2 Å². The zero-order chi connectivity index (χ0) is 25.7. The largest absolute Gasteiger partial charge is 0.324 e. The number of thiophene rings is 2. The molecule has 12 nitrogen and oxygen atoms in total. The fourth-order valence-corrected chi connectivity index (χ4v) is 5.43. The third-order valence-electron chi connectivity index (χ3n) is 4.11. The number of nitrogens with one attached hydrogen (secondary N) is 2. The van der Waals surface area contributed by atoms with Gasteiger partial charge in [-0.1, -0.05) is 22.7 Å². The highest BCUT2D eigenvalue weighted by Gasteiger charge is 2.12. The SMILES string of the molecule is O=C(C=Cc1ccc([N+](=O)[O-])s1)Nc1nc(-c2csc(NC(=O)C=Cc3ccc([N+](=O)[O-])s3)n2)cs1. The lowest BCUT2D eigenvalue weighted by molar-refractivity contribution is -0.380. The highest BCUT2D eigenvalue weighted by atomic mass is 32.1. The van der Waals surface area contributed by atoms with E-state index in [2.05, 4.69) is 20.6 Å². The zero-order valence-electron chi connectivity index (χ0n) is 17.6. The second-order valence-corrected chi connectivity index (χ2v) is 10.5. The molecule has 0 aliphatic heterocycles. The van der Waals surface area contributed by atoms with E-state index in [0.29, 0.717) is 31.4 Å². The molecule has 0 unspecified atom stereocenters. The summed E-state index contributed by atoms with van der Waals surface area (Å²) in [7, 11) is 0. The van der Waals surface area contributed by atoms with Gasteiger partial charge in [-0.15, -0.1) is 22.7 Å². The average molecular weight is 561 g/mol. The molecule has 4 aromatic rings. The van der Waals surface area contributed by atoms with Gasteiger partial charge in [0.1, 0.15) is 11.4 Å². The molecule has 0 fully saturated rings. The van der Waals surface area contributed by atoms with Crippen LogP contribution in [0.4, 0.5) is 20.3 Å². The summed E-state index contributed by atoms with van der Waals surface area (Å²) < 4.78 is 0. The maximum atomic E-state index is 12.1. The monoisotopic (exact) mass is 560 g/mol. The van der Waals surface area contributed by atoms with Crippen molar-refractivity contribution in [2.24, 2.45) is 0 Å². The molecule has 0 aliphatic carbocycles. The van der Waals surface area contributed by atoms with Gasteiger partial charge in [0.15, 0.2) is 10.3 Å². The van der Waals surface area contributed by atoms with Gasteiger partial charge in [-0.3, -0.25) is 40.5 Å². The first-order valence-corrected chi connectivity index (χ1v) is 13.0. The molecule has 182 valence electrons. The number of nitrogens with zero attached hydrogens (tertiary/aromatic N) is 4. The Hall–Kier alpha value is -4.12. The van der Waals surface area contributed by atoms with Gasteiger partial charge in [-0.05, 0) is 24.3 Å². The smallest absolute Gasteiger partial charge is 0.298 e. The normalized spacial score (nSPS) is 11.2. The molecule has 36 heavy (non-hydrogen) atoms. The fourth-order valence-electron chi connectivity index (χ4n) is 2.57. The van der Waals surface area contributed by atoms with Gasteiger partial charge in [0.2, 0.25) is 11.8 Å². The molecule has 0 saturated heterocycles. The maximum Gasteiger partial charge on any atom is 0.324 e. The number of rotatable bonds is 9. The van der Waals surface area contributed by atoms with Crippen LogP contribution >= 0.6 is 45.3 Å². The van der Waals surface area contributed by atoms with E-state index in [4.69, 9.17) is 0 Å². The van der Waals surface area contributed by atoms with Crippen molar-refractivity contribution in [1.82, 2.24) is 9.97 Å². The summed E-state index contributed by atoms with van der Waals surface area (Å²) in [6.07, 6.45) is 5.47. The summed E-state index contributed by atoms with van der Waals surface area (Å²) in [5, 5.41) is 30.7. The Bertz CT molecular complexity index is 1400. The number of nitro groups is 2. The van der Waals surface area contributed by atoms with Crippen LogP contribution in [0.1, 0.15) is 9.75 Å². The molecule has 4 rings (SSSR count). The van der Waals surface area contributed by atoms with E-state index in [9.17, 15) is 29.8 Å². The Morgan fingerprint density at radius 1 is 0.750 bits per heavy atom. The molecule has 0 aromatic carbocycles. The zero-order valence-corrected chi connectivity index (χ0v) is 20.9. The Morgan fingerprint density at radius 2 is 1.17 bits per heavy atom. The maximum absolute atomic E-state index is 12.1. The van der Waals surface area contributed by atoms with Crippen molar-refractivity contribution in [2.45, 2.75) is 0 Å². The van der Waals surface area contributed by atoms with E-state index in [1.165, 1.54) is 59.1 Å². The number of aromatic nitrogens is 2. The third kappa shape index (κ3) is 6.51. The summed E-state index contributed by atoms with van der Waals surface area (Å²) in [5.74, 6) is -0.887. The molecule has 0 radical (unpaired) electrons. The van der Waals surface area contributed by atoms with Gasteiger partial charge >= 0.3 is 10.0 Å². The minimum absolute atomic E-state index is 0.0109. The van der Waals surface area contributed by atoms with Crippen LogP contribution in [0.15, 0.2) is 47.2 Å². The van der Waals surface area contributed by atoms with Crippen LogP contribution in [0.3, 0.4) is 0 Å². The van der Waals surface area contributed by atoms with Gasteiger partial charge in [-0.2, -0.15) is 0 Å². The van der Waals surface area contributed by atoms with E-state index in [0.717, 1.165) is 22.7 Å². The lowest BCUT2D eigenvalue weighted by Crippen LogP contribution is -2.07. The standard InChI is InChI=1S/C20H12N6O6S4/c27-15(5-1-11-3-7-17(35-11)25(29)30)23-19-21-13(9-33-19)14-10-34-20(22-14)24-16(28)6-2-12-4-8-18(36-12)26(31)32/h1-10H,(H,21,23,27)(H,22,24,28). The Labute approximate surface area is 217 Å². The second kappa shape index (κ2) is 11.1. The molecular formula is C20H12N6O6S4. The highest BCUT2D eigenvalue weighted by Crippen LogP contribution is 2.29. The Morgan fingerprint density at radius 3 is 1.53 bits per heavy atom. The molecule has 4 heterocycles. The first-order valence-electron chi connectivity index (χ1n) is 9.65. The van der Waals surface area contributed by atoms with Crippen LogP contribution in [-0.4, -0.2) is 31.6 Å². The highest BCUT2D eigenvalue weighted by molar-refractivity contribution is 7.16. The molecular weight excluding hydrogens is 549 g/mol. The summed E-state index contributed by atoms with van der Waals surface area (Å²) in [5.41, 5.74) is 1.01. The van der Waals surface area contributed by atoms with Gasteiger partial charge < -0.3 is 0 Å². The molecule has 2 N–H and O–H groups in total. The second-order valence-electron chi connectivity index (χ2n) is 6.59. The van der Waals surface area contributed by atoms with Crippen molar-refractivity contribution in [1.29, 1.82) is 0 Å². The Kier molecular flexibility index (Phi) is 7.69. The van der Waals surface area contributed by atoms with Crippen molar-refractivity contribution in [3.8, 4) is 11.4 Å². The van der Waals surface area contributed by atoms with Crippen molar-refractivity contribution >= 4 is 89.6 Å². The molecule has 0 bridgehead atoms. The minimum atomic E-state index is -0.494. The fraction of sp³-hybridized carbons (Fsp3) is 0. The van der Waals surface area contributed by atoms with Gasteiger partial charge in [0, 0.05) is 44.8 Å². The number of carbonyl (C=O) groups is 2. The molecule has 0 spiro atoms. The number of amides is 2. The third-order valence-corrected chi connectivity index (χ3v) is 7.63. The summed E-state index contributed by atoms with van der Waals surface area (Å²) in [6, 6.07) is 5.84. The van der Waals surface area contributed by atoms with Gasteiger partial charge in [0.25, 0.3) is 0 Å². The van der Waals surface area contributed by atoms with Gasteiger partial charge in [0.05, 0.1) is 9.85 Å². The average Bonchev–Trinajstić information content (AvgIpc) is 3.63. The summed E-state index contributed by atoms with van der Waals surface area (Å²) in [4.78, 5) is 54.5.